The first-order valence-corrected chi connectivity index (χ1v) is 9.60. The van der Waals surface area contributed by atoms with Crippen LogP contribution in [0, 0.1) is 0 Å². The number of hydrogen-bond donors (Lipinski definition) is 1. The summed E-state index contributed by atoms with van der Waals surface area (Å²) in [5.74, 6) is 0.819. The summed E-state index contributed by atoms with van der Waals surface area (Å²) in [4.78, 5) is 31.2. The van der Waals surface area contributed by atoms with E-state index in [2.05, 4.69) is 10.3 Å². The van der Waals surface area contributed by atoms with Crippen molar-refractivity contribution in [2.24, 2.45) is 0 Å². The number of carbonyl (C=O) groups excluding carboxylic acids is 2. The Hall–Kier alpha value is -3.67. The van der Waals surface area contributed by atoms with Crippen molar-refractivity contribution in [1.29, 1.82) is 0 Å². The number of nitrogens with one attached hydrogen (secondary N) is 1. The molecule has 2 amide bonds. The van der Waals surface area contributed by atoms with Crippen LogP contribution in [0.2, 0.25) is 0 Å². The smallest absolute Gasteiger partial charge is 0.274 e. The lowest BCUT2D eigenvalue weighted by molar-refractivity contribution is 0.0787. The van der Waals surface area contributed by atoms with Gasteiger partial charge in [0, 0.05) is 24.8 Å². The SMILES string of the molecule is O=C(Nc1cccc(Oc2ccccc2)c1)c1cccc(C(=O)N2CCCC2)n1. The lowest BCUT2D eigenvalue weighted by Crippen LogP contribution is -2.29. The molecule has 3 aromatic rings. The van der Waals surface area contributed by atoms with E-state index in [9.17, 15) is 9.59 Å². The van der Waals surface area contributed by atoms with Gasteiger partial charge in [-0.3, -0.25) is 9.59 Å². The molecule has 29 heavy (non-hydrogen) atoms. The number of hydrogen-bond acceptors (Lipinski definition) is 4. The second kappa shape index (κ2) is 8.56. The van der Waals surface area contributed by atoms with Crippen LogP contribution in [0.15, 0.2) is 72.8 Å². The first-order chi connectivity index (χ1) is 14.2. The topological polar surface area (TPSA) is 71.5 Å². The van der Waals surface area contributed by atoms with E-state index in [1.807, 2.05) is 36.4 Å². The van der Waals surface area contributed by atoms with Crippen LogP contribution in [0.3, 0.4) is 0 Å². The fourth-order valence-electron chi connectivity index (χ4n) is 3.22. The molecule has 0 radical (unpaired) electrons. The summed E-state index contributed by atoms with van der Waals surface area (Å²) < 4.78 is 5.80. The van der Waals surface area contributed by atoms with Crippen LogP contribution >= 0.6 is 0 Å². The van der Waals surface area contributed by atoms with Gasteiger partial charge in [-0.2, -0.15) is 0 Å². The van der Waals surface area contributed by atoms with Crippen molar-refractivity contribution in [1.82, 2.24) is 9.88 Å². The highest BCUT2D eigenvalue weighted by molar-refractivity contribution is 6.04. The molecule has 6 heteroatoms. The highest BCUT2D eigenvalue weighted by atomic mass is 16.5. The van der Waals surface area contributed by atoms with Crippen LogP contribution in [0.4, 0.5) is 5.69 Å². The minimum Gasteiger partial charge on any atom is -0.457 e. The number of benzene rings is 2. The van der Waals surface area contributed by atoms with Crippen molar-refractivity contribution in [2.45, 2.75) is 12.8 Å². The number of pyridine rings is 1. The van der Waals surface area contributed by atoms with Crippen LogP contribution in [-0.2, 0) is 0 Å². The molecule has 1 aromatic heterocycles. The molecule has 1 saturated heterocycles. The highest BCUT2D eigenvalue weighted by Crippen LogP contribution is 2.24. The number of rotatable bonds is 5. The van der Waals surface area contributed by atoms with Crippen molar-refractivity contribution in [3.8, 4) is 11.5 Å². The molecule has 1 N–H and O–H groups in total. The summed E-state index contributed by atoms with van der Waals surface area (Å²) in [7, 11) is 0. The average Bonchev–Trinajstić information content (AvgIpc) is 3.29. The molecule has 2 heterocycles. The molecule has 0 bridgehead atoms. The van der Waals surface area contributed by atoms with Crippen molar-refractivity contribution in [3.63, 3.8) is 0 Å². The van der Waals surface area contributed by atoms with E-state index in [0.29, 0.717) is 22.9 Å². The quantitative estimate of drug-likeness (QED) is 0.706. The van der Waals surface area contributed by atoms with Crippen molar-refractivity contribution < 1.29 is 14.3 Å². The van der Waals surface area contributed by atoms with E-state index in [1.165, 1.54) is 0 Å². The lowest BCUT2D eigenvalue weighted by Gasteiger charge is -2.15. The Labute approximate surface area is 169 Å². The number of amides is 2. The highest BCUT2D eigenvalue weighted by Gasteiger charge is 2.21. The van der Waals surface area contributed by atoms with Gasteiger partial charge in [0.25, 0.3) is 11.8 Å². The van der Waals surface area contributed by atoms with Crippen molar-refractivity contribution in [2.75, 3.05) is 18.4 Å². The fraction of sp³-hybridized carbons (Fsp3) is 0.174. The standard InChI is InChI=1S/C23H21N3O3/c27-22(20-12-7-13-21(25-20)23(28)26-14-4-5-15-26)24-17-8-6-11-19(16-17)29-18-9-2-1-3-10-18/h1-3,6-13,16H,4-5,14-15H2,(H,24,27). The minimum absolute atomic E-state index is 0.129. The third-order valence-electron chi connectivity index (χ3n) is 4.66. The van der Waals surface area contributed by atoms with Gasteiger partial charge in [0.15, 0.2) is 0 Å². The van der Waals surface area contributed by atoms with Gasteiger partial charge < -0.3 is 15.0 Å². The third-order valence-corrected chi connectivity index (χ3v) is 4.66. The zero-order chi connectivity index (χ0) is 20.1. The predicted molar refractivity (Wildman–Crippen MR) is 110 cm³/mol. The molecule has 1 aliphatic heterocycles. The molecule has 0 atom stereocenters. The molecule has 6 nitrogen and oxygen atoms in total. The van der Waals surface area contributed by atoms with E-state index in [-0.39, 0.29) is 17.5 Å². The maximum Gasteiger partial charge on any atom is 0.274 e. The first-order valence-electron chi connectivity index (χ1n) is 9.60. The van der Waals surface area contributed by atoms with Crippen LogP contribution in [-0.4, -0.2) is 34.8 Å². The second-order valence-corrected chi connectivity index (χ2v) is 6.80. The van der Waals surface area contributed by atoms with Crippen LogP contribution in [0.1, 0.15) is 33.8 Å². The Balaban J connectivity index is 1.46. The fourth-order valence-corrected chi connectivity index (χ4v) is 3.22. The summed E-state index contributed by atoms with van der Waals surface area (Å²) >= 11 is 0. The molecule has 1 aliphatic rings. The predicted octanol–water partition coefficient (Wildman–Crippen LogP) is 4.36. The van der Waals surface area contributed by atoms with Gasteiger partial charge >= 0.3 is 0 Å². The second-order valence-electron chi connectivity index (χ2n) is 6.80. The summed E-state index contributed by atoms with van der Waals surface area (Å²) in [5, 5.41) is 2.81. The molecule has 4 rings (SSSR count). The summed E-state index contributed by atoms with van der Waals surface area (Å²) in [6, 6.07) is 21.5. The average molecular weight is 387 g/mol. The largest absolute Gasteiger partial charge is 0.457 e. The van der Waals surface area contributed by atoms with Crippen molar-refractivity contribution >= 4 is 17.5 Å². The number of likely N-dealkylation sites (tertiary alicyclic amines) is 1. The van der Waals surface area contributed by atoms with E-state index in [0.717, 1.165) is 25.9 Å². The maximum atomic E-state index is 12.6. The van der Waals surface area contributed by atoms with E-state index in [4.69, 9.17) is 4.74 Å². The number of nitrogens with zero attached hydrogens (tertiary/aromatic N) is 2. The number of aromatic nitrogens is 1. The van der Waals surface area contributed by atoms with E-state index >= 15 is 0 Å². The monoisotopic (exact) mass is 387 g/mol. The minimum atomic E-state index is -0.377. The molecule has 1 fully saturated rings. The Kier molecular flexibility index (Phi) is 5.52. The van der Waals surface area contributed by atoms with Gasteiger partial charge in [-0.05, 0) is 49.2 Å². The Bertz CT molecular complexity index is 1010. The molecule has 0 aliphatic carbocycles. The first kappa shape index (κ1) is 18.7. The molecule has 2 aromatic carbocycles. The zero-order valence-corrected chi connectivity index (χ0v) is 15.9. The Morgan fingerprint density at radius 3 is 2.31 bits per heavy atom. The Morgan fingerprint density at radius 2 is 1.52 bits per heavy atom. The van der Waals surface area contributed by atoms with Gasteiger partial charge in [-0.15, -0.1) is 0 Å². The zero-order valence-electron chi connectivity index (χ0n) is 15.9. The van der Waals surface area contributed by atoms with Crippen LogP contribution in [0.25, 0.3) is 0 Å². The van der Waals surface area contributed by atoms with Gasteiger partial charge in [0.05, 0.1) is 0 Å². The van der Waals surface area contributed by atoms with Crippen LogP contribution < -0.4 is 10.1 Å². The van der Waals surface area contributed by atoms with E-state index in [1.54, 1.807) is 41.3 Å². The summed E-state index contributed by atoms with van der Waals surface area (Å²) in [6.07, 6.45) is 2.01. The number of ether oxygens (including phenoxy) is 1. The van der Waals surface area contributed by atoms with Gasteiger partial charge in [-0.25, -0.2) is 4.98 Å². The van der Waals surface area contributed by atoms with Crippen molar-refractivity contribution in [3.05, 3.63) is 84.2 Å². The molecular weight excluding hydrogens is 366 g/mol. The molecule has 0 unspecified atom stereocenters. The van der Waals surface area contributed by atoms with Gasteiger partial charge in [0.1, 0.15) is 22.9 Å². The molecular formula is C23H21N3O3. The summed E-state index contributed by atoms with van der Waals surface area (Å²) in [6.45, 7) is 1.48. The van der Waals surface area contributed by atoms with E-state index < -0.39 is 0 Å². The summed E-state index contributed by atoms with van der Waals surface area (Å²) in [5.41, 5.74) is 1.08. The number of anilines is 1. The van der Waals surface area contributed by atoms with Gasteiger partial charge in [-0.1, -0.05) is 30.3 Å². The molecule has 146 valence electrons. The molecule has 0 spiro atoms. The number of para-hydroxylation sites is 1. The third kappa shape index (κ3) is 4.60. The van der Waals surface area contributed by atoms with Gasteiger partial charge in [0.2, 0.25) is 0 Å². The maximum absolute atomic E-state index is 12.6. The number of carbonyl (C=O) groups is 2. The van der Waals surface area contributed by atoms with Crippen LogP contribution in [0.5, 0.6) is 11.5 Å². The molecule has 0 saturated carbocycles. The lowest BCUT2D eigenvalue weighted by atomic mass is 10.2. The normalized spacial score (nSPS) is 13.2. The Morgan fingerprint density at radius 1 is 0.828 bits per heavy atom.